The number of hydrogen-bond acceptors (Lipinski definition) is 4. The third kappa shape index (κ3) is 2.80. The maximum absolute atomic E-state index is 11.7. The van der Waals surface area contributed by atoms with Gasteiger partial charge in [-0.05, 0) is 46.6 Å². The Balaban J connectivity index is 2.71. The maximum Gasteiger partial charge on any atom is 0.325 e. The highest BCUT2D eigenvalue weighted by atomic mass is 16.5. The van der Waals surface area contributed by atoms with Crippen molar-refractivity contribution in [3.05, 3.63) is 0 Å². The van der Waals surface area contributed by atoms with Gasteiger partial charge in [0.15, 0.2) is 0 Å². The van der Waals surface area contributed by atoms with Gasteiger partial charge in [0.05, 0.1) is 7.11 Å². The van der Waals surface area contributed by atoms with Crippen molar-refractivity contribution in [3.8, 4) is 0 Å². The van der Waals surface area contributed by atoms with E-state index in [4.69, 9.17) is 10.5 Å². The van der Waals surface area contributed by atoms with Crippen molar-refractivity contribution in [3.63, 3.8) is 0 Å². The van der Waals surface area contributed by atoms with Gasteiger partial charge in [-0.2, -0.15) is 0 Å². The predicted octanol–water partition coefficient (Wildman–Crippen LogP) is 1.53. The van der Waals surface area contributed by atoms with Crippen LogP contribution in [-0.2, 0) is 9.53 Å². The number of nitrogens with two attached hydrogens (primary N) is 1. The summed E-state index contributed by atoms with van der Waals surface area (Å²) in [5.74, 6) is -0.275. The molecule has 0 aliphatic heterocycles. The van der Waals surface area contributed by atoms with E-state index in [-0.39, 0.29) is 11.5 Å². The van der Waals surface area contributed by atoms with Crippen LogP contribution in [0.4, 0.5) is 0 Å². The fourth-order valence-electron chi connectivity index (χ4n) is 2.51. The molecule has 0 heterocycles. The third-order valence-corrected chi connectivity index (χ3v) is 4.48. The third-order valence-electron chi connectivity index (χ3n) is 4.48. The summed E-state index contributed by atoms with van der Waals surface area (Å²) in [5, 5.41) is 0. The number of hydrogen-bond donors (Lipinski definition) is 1. The molecule has 17 heavy (non-hydrogen) atoms. The van der Waals surface area contributed by atoms with E-state index in [1.54, 1.807) is 0 Å². The Morgan fingerprint density at radius 2 is 2.18 bits per heavy atom. The lowest BCUT2D eigenvalue weighted by Crippen LogP contribution is -2.50. The Bertz CT molecular complexity index is 291. The molecule has 1 fully saturated rings. The molecule has 100 valence electrons. The minimum Gasteiger partial charge on any atom is -0.468 e. The Morgan fingerprint density at radius 1 is 1.59 bits per heavy atom. The van der Waals surface area contributed by atoms with Crippen LogP contribution in [0.3, 0.4) is 0 Å². The second kappa shape index (κ2) is 4.94. The van der Waals surface area contributed by atoms with E-state index in [1.807, 2.05) is 0 Å². The molecule has 1 aliphatic rings. The van der Waals surface area contributed by atoms with Crippen LogP contribution in [0.5, 0.6) is 0 Å². The predicted molar refractivity (Wildman–Crippen MR) is 68.7 cm³/mol. The summed E-state index contributed by atoms with van der Waals surface area (Å²) < 4.78 is 4.79. The molecule has 1 rings (SSSR count). The van der Waals surface area contributed by atoms with Crippen molar-refractivity contribution in [1.29, 1.82) is 0 Å². The molecule has 0 aromatic rings. The molecular weight excluding hydrogens is 216 g/mol. The number of rotatable bonds is 4. The normalized spacial score (nSPS) is 29.7. The van der Waals surface area contributed by atoms with E-state index in [1.165, 1.54) is 7.11 Å². The highest BCUT2D eigenvalue weighted by molar-refractivity contribution is 5.81. The number of ether oxygens (including phenoxy) is 1. The molecule has 2 atom stereocenters. The largest absolute Gasteiger partial charge is 0.468 e. The van der Waals surface area contributed by atoms with Gasteiger partial charge in [0, 0.05) is 11.6 Å². The van der Waals surface area contributed by atoms with Crippen molar-refractivity contribution < 1.29 is 9.53 Å². The van der Waals surface area contributed by atoms with Gasteiger partial charge < -0.3 is 10.5 Å². The first kappa shape index (κ1) is 14.5. The van der Waals surface area contributed by atoms with Crippen molar-refractivity contribution in [2.45, 2.75) is 63.6 Å². The molecule has 2 unspecified atom stereocenters. The number of carbonyl (C=O) groups is 1. The molecule has 0 aromatic heterocycles. The number of esters is 1. The Kier molecular flexibility index (Phi) is 4.20. The summed E-state index contributed by atoms with van der Waals surface area (Å²) in [6.07, 6.45) is 3.45. The fraction of sp³-hybridized carbons (Fsp3) is 0.923. The molecule has 0 spiro atoms. The summed E-state index contributed by atoms with van der Waals surface area (Å²) in [7, 11) is 3.53. The van der Waals surface area contributed by atoms with Gasteiger partial charge in [0.1, 0.15) is 5.54 Å². The van der Waals surface area contributed by atoms with Crippen LogP contribution in [0.15, 0.2) is 0 Å². The SMILES string of the molecule is CCC(C)(C)N(C)C1CCC(N)(C(=O)OC)C1. The van der Waals surface area contributed by atoms with Crippen molar-refractivity contribution in [2.75, 3.05) is 14.2 Å². The van der Waals surface area contributed by atoms with Crippen molar-refractivity contribution in [2.24, 2.45) is 5.73 Å². The summed E-state index contributed by atoms with van der Waals surface area (Å²) in [6, 6.07) is 0.369. The second-order valence-corrected chi connectivity index (χ2v) is 5.82. The molecule has 0 saturated heterocycles. The second-order valence-electron chi connectivity index (χ2n) is 5.82. The zero-order valence-corrected chi connectivity index (χ0v) is 11.7. The lowest BCUT2D eigenvalue weighted by molar-refractivity contribution is -0.147. The Hall–Kier alpha value is -0.610. The Morgan fingerprint density at radius 3 is 2.65 bits per heavy atom. The monoisotopic (exact) mass is 242 g/mol. The molecule has 4 nitrogen and oxygen atoms in total. The minimum atomic E-state index is -0.780. The zero-order valence-electron chi connectivity index (χ0n) is 11.7. The minimum absolute atomic E-state index is 0.145. The maximum atomic E-state index is 11.7. The van der Waals surface area contributed by atoms with E-state index in [2.05, 4.69) is 32.7 Å². The van der Waals surface area contributed by atoms with Gasteiger partial charge in [-0.15, -0.1) is 0 Å². The van der Waals surface area contributed by atoms with Gasteiger partial charge in [-0.3, -0.25) is 9.69 Å². The zero-order chi connectivity index (χ0) is 13.3. The number of methoxy groups -OCH3 is 1. The van der Waals surface area contributed by atoms with Crippen LogP contribution < -0.4 is 5.73 Å². The number of nitrogens with zero attached hydrogens (tertiary/aromatic N) is 1. The van der Waals surface area contributed by atoms with Crippen LogP contribution in [0, 0.1) is 0 Å². The van der Waals surface area contributed by atoms with E-state index in [9.17, 15) is 4.79 Å². The van der Waals surface area contributed by atoms with E-state index in [0.29, 0.717) is 18.9 Å². The summed E-state index contributed by atoms with van der Waals surface area (Å²) in [5.41, 5.74) is 5.49. The molecular formula is C13H26N2O2. The standard InChI is InChI=1S/C13H26N2O2/c1-6-12(2,3)15(4)10-7-8-13(14,9-10)11(16)17-5/h10H,6-9,14H2,1-5H3. The average molecular weight is 242 g/mol. The van der Waals surface area contributed by atoms with Crippen molar-refractivity contribution >= 4 is 5.97 Å². The summed E-state index contributed by atoms with van der Waals surface area (Å²) in [4.78, 5) is 14.0. The van der Waals surface area contributed by atoms with Gasteiger partial charge in [-0.1, -0.05) is 6.92 Å². The molecule has 2 N–H and O–H groups in total. The molecule has 0 aromatic carbocycles. The summed E-state index contributed by atoms with van der Waals surface area (Å²) >= 11 is 0. The quantitative estimate of drug-likeness (QED) is 0.760. The van der Waals surface area contributed by atoms with Crippen LogP contribution >= 0.6 is 0 Å². The molecule has 0 radical (unpaired) electrons. The molecule has 0 amide bonds. The van der Waals surface area contributed by atoms with Crippen LogP contribution in [0.1, 0.15) is 46.5 Å². The first-order valence-corrected chi connectivity index (χ1v) is 6.37. The van der Waals surface area contributed by atoms with E-state index in [0.717, 1.165) is 12.8 Å². The fourth-order valence-corrected chi connectivity index (χ4v) is 2.51. The lowest BCUT2D eigenvalue weighted by Gasteiger charge is -2.39. The van der Waals surface area contributed by atoms with Gasteiger partial charge in [0.2, 0.25) is 0 Å². The van der Waals surface area contributed by atoms with Gasteiger partial charge in [-0.25, -0.2) is 0 Å². The highest BCUT2D eigenvalue weighted by Crippen LogP contribution is 2.35. The average Bonchev–Trinajstić information content (AvgIpc) is 2.70. The van der Waals surface area contributed by atoms with E-state index >= 15 is 0 Å². The molecule has 1 saturated carbocycles. The van der Waals surface area contributed by atoms with Crippen LogP contribution in [-0.4, -0.2) is 42.1 Å². The van der Waals surface area contributed by atoms with Crippen LogP contribution in [0.25, 0.3) is 0 Å². The van der Waals surface area contributed by atoms with Crippen molar-refractivity contribution in [1.82, 2.24) is 4.90 Å². The summed E-state index contributed by atoms with van der Waals surface area (Å²) in [6.45, 7) is 6.63. The molecule has 0 bridgehead atoms. The Labute approximate surface area is 104 Å². The topological polar surface area (TPSA) is 55.6 Å². The van der Waals surface area contributed by atoms with Gasteiger partial charge >= 0.3 is 5.97 Å². The molecule has 1 aliphatic carbocycles. The first-order chi connectivity index (χ1) is 7.77. The van der Waals surface area contributed by atoms with Crippen LogP contribution in [0.2, 0.25) is 0 Å². The number of carbonyl (C=O) groups excluding carboxylic acids is 1. The highest BCUT2D eigenvalue weighted by Gasteiger charge is 2.45. The van der Waals surface area contributed by atoms with Gasteiger partial charge in [0.25, 0.3) is 0 Å². The molecule has 4 heteroatoms. The smallest absolute Gasteiger partial charge is 0.325 e. The lowest BCUT2D eigenvalue weighted by atomic mass is 9.95. The van der Waals surface area contributed by atoms with E-state index < -0.39 is 5.54 Å². The first-order valence-electron chi connectivity index (χ1n) is 6.37.